The Bertz CT molecular complexity index is 259. The van der Waals surface area contributed by atoms with Gasteiger partial charge in [-0.1, -0.05) is 99.5 Å². The summed E-state index contributed by atoms with van der Waals surface area (Å²) in [6.45, 7) is 2.65. The first kappa shape index (κ1) is 44.6. The minimum absolute atomic E-state index is 0. The maximum Gasteiger partial charge on any atom is 1.00 e. The quantitative estimate of drug-likeness (QED) is 0.151. The number of unbranched alkanes of at least 4 members (excludes halogenated alkanes) is 13. The van der Waals surface area contributed by atoms with Crippen LogP contribution in [0.1, 0.15) is 96.8 Å². The van der Waals surface area contributed by atoms with Crippen molar-refractivity contribution in [2.24, 2.45) is 0 Å². The standard InChI is InChI=1S/C16H34O.3Na.2HO3P/c1-2-3-4-5-6-7-8-9-10-11-12-13-14-15-16-17;;;;2*1-4(2)3/h17H,2-16H2,1H3;;;;2*(H,1,2,3)/q;3*+1;;/p-2. The van der Waals surface area contributed by atoms with Gasteiger partial charge in [0.25, 0.3) is 16.5 Å². The van der Waals surface area contributed by atoms with Gasteiger partial charge in [0.2, 0.25) is 0 Å². The predicted molar refractivity (Wildman–Crippen MR) is 92.6 cm³/mol. The Kier molecular flexibility index (Phi) is 69.8. The van der Waals surface area contributed by atoms with E-state index in [1.807, 2.05) is 0 Å². The zero-order valence-corrected chi connectivity index (χ0v) is 26.2. The Balaban J connectivity index is -0.0000000937. The van der Waals surface area contributed by atoms with Crippen LogP contribution in [0.3, 0.4) is 0 Å². The Morgan fingerprint density at radius 2 is 0.714 bits per heavy atom. The fraction of sp³-hybridized carbons (Fsp3) is 1.00. The molecule has 28 heavy (non-hydrogen) atoms. The first-order chi connectivity index (χ1) is 11.9. The Morgan fingerprint density at radius 3 is 0.893 bits per heavy atom. The Hall–Kier alpha value is 3.00. The van der Waals surface area contributed by atoms with Gasteiger partial charge in [-0.2, -0.15) is 0 Å². The molecular formula is C16H34Na3O7P2+. The molecule has 0 aliphatic heterocycles. The van der Waals surface area contributed by atoms with E-state index in [-0.39, 0.29) is 88.7 Å². The summed E-state index contributed by atoms with van der Waals surface area (Å²) in [6, 6.07) is 0. The Morgan fingerprint density at radius 1 is 0.536 bits per heavy atom. The summed E-state index contributed by atoms with van der Waals surface area (Å²) >= 11 is 0. The summed E-state index contributed by atoms with van der Waals surface area (Å²) in [5.74, 6) is 0. The molecule has 0 aromatic heterocycles. The summed E-state index contributed by atoms with van der Waals surface area (Å²) < 4.78 is 17.0. The fourth-order valence-corrected chi connectivity index (χ4v) is 2.31. The predicted octanol–water partition coefficient (Wildman–Crippen LogP) is -6.80. The van der Waals surface area contributed by atoms with Crippen molar-refractivity contribution < 1.29 is 122 Å². The van der Waals surface area contributed by atoms with Crippen LogP contribution >= 0.6 is 16.5 Å². The maximum atomic E-state index is 8.64. The van der Waals surface area contributed by atoms with Crippen LogP contribution in [0.4, 0.5) is 0 Å². The van der Waals surface area contributed by atoms with E-state index in [9.17, 15) is 0 Å². The van der Waals surface area contributed by atoms with Gasteiger partial charge in [0.1, 0.15) is 0 Å². The van der Waals surface area contributed by atoms with E-state index >= 15 is 0 Å². The molecule has 0 atom stereocenters. The Labute approximate surface area is 239 Å². The van der Waals surface area contributed by atoms with Crippen molar-refractivity contribution in [1.82, 2.24) is 0 Å². The van der Waals surface area contributed by atoms with Crippen LogP contribution in [-0.2, 0) is 9.13 Å². The van der Waals surface area contributed by atoms with Crippen molar-refractivity contribution in [1.29, 1.82) is 0 Å². The van der Waals surface area contributed by atoms with Crippen molar-refractivity contribution >= 4 is 16.5 Å². The molecule has 0 saturated carbocycles. The number of rotatable bonds is 14. The second kappa shape index (κ2) is 43.8. The molecule has 0 aliphatic carbocycles. The van der Waals surface area contributed by atoms with Gasteiger partial charge in [-0.3, -0.25) is 0 Å². The van der Waals surface area contributed by atoms with E-state index in [0.717, 1.165) is 6.42 Å². The third kappa shape index (κ3) is 78.7. The largest absolute Gasteiger partial charge is 1.00 e. The number of aliphatic hydroxyl groups is 1. The molecule has 0 fully saturated rings. The number of hydrogen-bond acceptors (Lipinski definition) is 7. The van der Waals surface area contributed by atoms with E-state index < -0.39 is 16.5 Å². The van der Waals surface area contributed by atoms with Crippen LogP contribution in [0.2, 0.25) is 0 Å². The summed E-state index contributed by atoms with van der Waals surface area (Å²) in [5.41, 5.74) is 0. The van der Waals surface area contributed by atoms with E-state index in [1.165, 1.54) is 83.5 Å². The molecule has 0 radical (unpaired) electrons. The summed E-state index contributed by atoms with van der Waals surface area (Å²) in [4.78, 5) is 33.9. The summed E-state index contributed by atoms with van der Waals surface area (Å²) in [6.07, 6.45) is 19.2. The third-order valence-corrected chi connectivity index (χ3v) is 3.51. The molecular weight excluding hydrogens is 435 g/mol. The normalized spacial score (nSPS) is 8.50. The molecule has 0 aromatic rings. The number of hydrogen-bond donors (Lipinski definition) is 1. The van der Waals surface area contributed by atoms with Crippen LogP contribution in [-0.4, -0.2) is 11.7 Å². The van der Waals surface area contributed by atoms with E-state index in [1.54, 1.807) is 0 Å². The molecule has 0 amide bonds. The van der Waals surface area contributed by atoms with Crippen LogP contribution in [0.15, 0.2) is 0 Å². The molecule has 0 saturated heterocycles. The molecule has 152 valence electrons. The molecule has 0 aromatic carbocycles. The molecule has 0 bridgehead atoms. The molecule has 0 unspecified atom stereocenters. The van der Waals surface area contributed by atoms with E-state index in [2.05, 4.69) is 6.92 Å². The van der Waals surface area contributed by atoms with Gasteiger partial charge in [0, 0.05) is 6.61 Å². The zero-order valence-electron chi connectivity index (χ0n) is 18.4. The van der Waals surface area contributed by atoms with Crippen LogP contribution in [0, 0.1) is 0 Å². The monoisotopic (exact) mass is 469 g/mol. The van der Waals surface area contributed by atoms with Crippen molar-refractivity contribution in [3.05, 3.63) is 0 Å². The topological polar surface area (TPSA) is 147 Å². The minimum Gasteiger partial charge on any atom is -0.598 e. The smallest absolute Gasteiger partial charge is 0.598 e. The van der Waals surface area contributed by atoms with Crippen LogP contribution in [0.5, 0.6) is 0 Å². The van der Waals surface area contributed by atoms with Gasteiger partial charge in [-0.25, -0.2) is 0 Å². The van der Waals surface area contributed by atoms with Gasteiger partial charge < -0.3 is 24.7 Å². The van der Waals surface area contributed by atoms with E-state index in [4.69, 9.17) is 33.8 Å². The van der Waals surface area contributed by atoms with E-state index in [0.29, 0.717) is 6.61 Å². The second-order valence-corrected chi connectivity index (χ2v) is 6.66. The first-order valence-corrected chi connectivity index (χ1v) is 11.3. The van der Waals surface area contributed by atoms with Crippen LogP contribution in [0.25, 0.3) is 0 Å². The molecule has 7 nitrogen and oxygen atoms in total. The van der Waals surface area contributed by atoms with Gasteiger partial charge in [-0.15, -0.1) is 0 Å². The van der Waals surface area contributed by atoms with Gasteiger partial charge in [-0.05, 0) is 6.42 Å². The van der Waals surface area contributed by atoms with Gasteiger partial charge in [0.05, 0.1) is 0 Å². The summed E-state index contributed by atoms with van der Waals surface area (Å²) in [5, 5.41) is 8.64. The van der Waals surface area contributed by atoms with Gasteiger partial charge in [0.15, 0.2) is 0 Å². The van der Waals surface area contributed by atoms with Crippen molar-refractivity contribution in [3.8, 4) is 0 Å². The first-order valence-electron chi connectivity index (χ1n) is 9.12. The molecule has 0 spiro atoms. The number of aliphatic hydroxyl groups excluding tert-OH is 1. The molecule has 1 N–H and O–H groups in total. The second-order valence-electron chi connectivity index (χ2n) is 5.77. The third-order valence-electron chi connectivity index (χ3n) is 3.51. The van der Waals surface area contributed by atoms with Crippen molar-refractivity contribution in [3.63, 3.8) is 0 Å². The molecule has 0 heterocycles. The van der Waals surface area contributed by atoms with Gasteiger partial charge >= 0.3 is 88.7 Å². The average Bonchev–Trinajstić information content (AvgIpc) is 2.51. The molecule has 0 aliphatic rings. The SMILES string of the molecule is CCCCCCCCCCCCCCCCO.O=[P+]([O-])[O-].O=[P+]([O-])[O-].[Na+].[Na+].[Na+]. The van der Waals surface area contributed by atoms with Crippen molar-refractivity contribution in [2.75, 3.05) is 6.61 Å². The van der Waals surface area contributed by atoms with Crippen molar-refractivity contribution in [2.45, 2.75) is 96.8 Å². The van der Waals surface area contributed by atoms with Crippen LogP contribution < -0.4 is 108 Å². The summed E-state index contributed by atoms with van der Waals surface area (Å²) in [7, 11) is -6.74. The zero-order chi connectivity index (χ0) is 19.8. The maximum absolute atomic E-state index is 8.64. The molecule has 0 rings (SSSR count). The minimum atomic E-state index is -3.37. The average molecular weight is 469 g/mol. The molecule has 12 heteroatoms. The fourth-order valence-electron chi connectivity index (χ4n) is 2.31.